The molecule has 0 saturated heterocycles. The first-order valence-electron chi connectivity index (χ1n) is 7.75. The zero-order valence-electron chi connectivity index (χ0n) is 12.3. The Morgan fingerprint density at radius 2 is 1.43 bits per heavy atom. The van der Waals surface area contributed by atoms with Crippen LogP contribution in [0.3, 0.4) is 0 Å². The van der Waals surface area contributed by atoms with Crippen LogP contribution in [0.4, 0.5) is 0 Å². The van der Waals surface area contributed by atoms with Crippen molar-refractivity contribution in [2.24, 2.45) is 4.99 Å². The molecule has 3 rings (SSSR count). The summed E-state index contributed by atoms with van der Waals surface area (Å²) in [5, 5.41) is 0. The van der Waals surface area contributed by atoms with Gasteiger partial charge in [-0.05, 0) is 42.4 Å². The molecule has 106 valence electrons. The second-order valence-corrected chi connectivity index (χ2v) is 5.53. The van der Waals surface area contributed by atoms with Crippen LogP contribution in [0.2, 0.25) is 0 Å². The van der Waals surface area contributed by atoms with Crippen molar-refractivity contribution in [1.29, 1.82) is 0 Å². The number of aliphatic imine (C=N–C) groups is 1. The number of hydrogen-bond donors (Lipinski definition) is 0. The Morgan fingerprint density at radius 3 is 1.95 bits per heavy atom. The molecule has 0 atom stereocenters. The van der Waals surface area contributed by atoms with E-state index in [9.17, 15) is 0 Å². The van der Waals surface area contributed by atoms with Crippen LogP contribution in [-0.4, -0.2) is 6.21 Å². The second-order valence-electron chi connectivity index (χ2n) is 5.53. The summed E-state index contributed by atoms with van der Waals surface area (Å²) < 4.78 is 0. The van der Waals surface area contributed by atoms with Crippen LogP contribution in [0.15, 0.2) is 77.3 Å². The van der Waals surface area contributed by atoms with E-state index in [1.165, 1.54) is 42.4 Å². The van der Waals surface area contributed by atoms with Gasteiger partial charge in [-0.25, -0.2) is 0 Å². The van der Waals surface area contributed by atoms with Gasteiger partial charge in [0.05, 0.1) is 6.04 Å². The number of benzene rings is 2. The first-order valence-corrected chi connectivity index (χ1v) is 7.75. The summed E-state index contributed by atoms with van der Waals surface area (Å²) in [4.78, 5) is 4.89. The highest BCUT2D eigenvalue weighted by molar-refractivity contribution is 5.79. The average molecular weight is 275 g/mol. The Kier molecular flexibility index (Phi) is 4.62. The lowest BCUT2D eigenvalue weighted by atomic mass is 9.98. The van der Waals surface area contributed by atoms with Gasteiger partial charge in [0.25, 0.3) is 0 Å². The fraction of sp³-hybridized carbons (Fsp3) is 0.250. The Balaban J connectivity index is 1.89. The first-order chi connectivity index (χ1) is 10.4. The molecule has 0 unspecified atom stereocenters. The molecule has 0 amide bonds. The third-order valence-electron chi connectivity index (χ3n) is 3.95. The second kappa shape index (κ2) is 7.03. The molecule has 1 aliphatic rings. The maximum atomic E-state index is 4.89. The van der Waals surface area contributed by atoms with Crippen molar-refractivity contribution in [3.63, 3.8) is 0 Å². The summed E-state index contributed by atoms with van der Waals surface area (Å²) in [6.45, 7) is 0. The van der Waals surface area contributed by atoms with Gasteiger partial charge in [0.2, 0.25) is 0 Å². The van der Waals surface area contributed by atoms with Crippen LogP contribution >= 0.6 is 0 Å². The summed E-state index contributed by atoms with van der Waals surface area (Å²) in [7, 11) is 0. The van der Waals surface area contributed by atoms with Crippen LogP contribution < -0.4 is 0 Å². The van der Waals surface area contributed by atoms with Crippen LogP contribution in [0.25, 0.3) is 0 Å². The molecule has 1 aliphatic carbocycles. The van der Waals surface area contributed by atoms with Crippen molar-refractivity contribution >= 4 is 6.21 Å². The van der Waals surface area contributed by atoms with E-state index >= 15 is 0 Å². The summed E-state index contributed by atoms with van der Waals surface area (Å²) in [5.74, 6) is 0. The molecule has 0 radical (unpaired) electrons. The Morgan fingerprint density at radius 1 is 0.810 bits per heavy atom. The number of hydrogen-bond acceptors (Lipinski definition) is 1. The van der Waals surface area contributed by atoms with Gasteiger partial charge >= 0.3 is 0 Å². The summed E-state index contributed by atoms with van der Waals surface area (Å²) in [6, 6.07) is 21.2. The molecule has 0 heterocycles. The smallest absolute Gasteiger partial charge is 0.0999 e. The molecule has 0 aliphatic heterocycles. The van der Waals surface area contributed by atoms with E-state index in [1.807, 2.05) is 0 Å². The minimum absolute atomic E-state index is 0.0928. The predicted molar refractivity (Wildman–Crippen MR) is 89.8 cm³/mol. The molecule has 1 nitrogen and oxygen atoms in total. The lowest BCUT2D eigenvalue weighted by molar-refractivity contribution is 0.717. The zero-order valence-corrected chi connectivity index (χ0v) is 12.3. The van der Waals surface area contributed by atoms with Gasteiger partial charge in [0.15, 0.2) is 0 Å². The SMILES string of the molecule is C(=NC(c1ccccc1)c1ccccc1)C1=CCCCC1. The molecule has 1 heteroatoms. The van der Waals surface area contributed by atoms with Gasteiger partial charge in [-0.15, -0.1) is 0 Å². The lowest BCUT2D eigenvalue weighted by Gasteiger charge is -2.14. The Labute approximate surface area is 127 Å². The number of nitrogens with zero attached hydrogens (tertiary/aromatic N) is 1. The van der Waals surface area contributed by atoms with Crippen molar-refractivity contribution in [2.45, 2.75) is 31.7 Å². The highest BCUT2D eigenvalue weighted by Gasteiger charge is 2.11. The third-order valence-corrected chi connectivity index (χ3v) is 3.95. The molecule has 0 N–H and O–H groups in total. The first kappa shape index (κ1) is 13.8. The van der Waals surface area contributed by atoms with E-state index in [-0.39, 0.29) is 6.04 Å². The standard InChI is InChI=1S/C20H21N/c1-4-10-17(11-5-1)16-21-20(18-12-6-2-7-13-18)19-14-8-3-9-15-19/h2-3,6-10,12-16,20H,1,4-5,11H2. The van der Waals surface area contributed by atoms with Gasteiger partial charge < -0.3 is 0 Å². The van der Waals surface area contributed by atoms with Crippen molar-refractivity contribution in [3.05, 3.63) is 83.4 Å². The van der Waals surface area contributed by atoms with Crippen LogP contribution in [-0.2, 0) is 0 Å². The largest absolute Gasteiger partial charge is 0.280 e. The summed E-state index contributed by atoms with van der Waals surface area (Å²) in [5.41, 5.74) is 3.88. The van der Waals surface area contributed by atoms with Gasteiger partial charge in [-0.2, -0.15) is 0 Å². The molecule has 21 heavy (non-hydrogen) atoms. The van der Waals surface area contributed by atoms with Crippen LogP contribution in [0.5, 0.6) is 0 Å². The summed E-state index contributed by atoms with van der Waals surface area (Å²) in [6.07, 6.45) is 9.39. The van der Waals surface area contributed by atoms with Crippen molar-refractivity contribution < 1.29 is 0 Å². The van der Waals surface area contributed by atoms with Crippen LogP contribution in [0.1, 0.15) is 42.9 Å². The average Bonchev–Trinajstić information content (AvgIpc) is 2.58. The van der Waals surface area contributed by atoms with Gasteiger partial charge in [0, 0.05) is 6.21 Å². The predicted octanol–water partition coefficient (Wildman–Crippen LogP) is 5.35. The fourth-order valence-electron chi connectivity index (χ4n) is 2.79. The van der Waals surface area contributed by atoms with Gasteiger partial charge in [0.1, 0.15) is 0 Å². The van der Waals surface area contributed by atoms with E-state index in [0.29, 0.717) is 0 Å². The lowest BCUT2D eigenvalue weighted by Crippen LogP contribution is -2.00. The quantitative estimate of drug-likeness (QED) is 0.667. The fourth-order valence-corrected chi connectivity index (χ4v) is 2.79. The van der Waals surface area contributed by atoms with Crippen LogP contribution in [0, 0.1) is 0 Å². The minimum Gasteiger partial charge on any atom is -0.280 e. The molecule has 0 saturated carbocycles. The van der Waals surface area contributed by atoms with Gasteiger partial charge in [-0.3, -0.25) is 4.99 Å². The molecule has 2 aromatic rings. The Bertz CT molecular complexity index is 571. The summed E-state index contributed by atoms with van der Waals surface area (Å²) >= 11 is 0. The van der Waals surface area contributed by atoms with E-state index in [4.69, 9.17) is 4.99 Å². The highest BCUT2D eigenvalue weighted by atomic mass is 14.8. The molecule has 0 aromatic heterocycles. The topological polar surface area (TPSA) is 12.4 Å². The van der Waals surface area contributed by atoms with Crippen molar-refractivity contribution in [3.8, 4) is 0 Å². The minimum atomic E-state index is 0.0928. The maximum Gasteiger partial charge on any atom is 0.0999 e. The highest BCUT2D eigenvalue weighted by Crippen LogP contribution is 2.26. The third kappa shape index (κ3) is 3.69. The molecular formula is C20H21N. The van der Waals surface area contributed by atoms with E-state index < -0.39 is 0 Å². The van der Waals surface area contributed by atoms with Crippen molar-refractivity contribution in [1.82, 2.24) is 0 Å². The maximum absolute atomic E-state index is 4.89. The molecule has 2 aromatic carbocycles. The van der Waals surface area contributed by atoms with E-state index in [0.717, 1.165) is 0 Å². The number of rotatable bonds is 4. The van der Waals surface area contributed by atoms with E-state index in [1.54, 1.807) is 0 Å². The monoisotopic (exact) mass is 275 g/mol. The normalized spacial score (nSPS) is 15.4. The molecular weight excluding hydrogens is 254 g/mol. The van der Waals surface area contributed by atoms with Crippen molar-refractivity contribution in [2.75, 3.05) is 0 Å². The number of allylic oxidation sites excluding steroid dienone is 2. The van der Waals surface area contributed by atoms with Gasteiger partial charge in [-0.1, -0.05) is 66.7 Å². The molecule has 0 bridgehead atoms. The Hall–Kier alpha value is -2.15. The van der Waals surface area contributed by atoms with E-state index in [2.05, 4.69) is 73.0 Å². The zero-order chi connectivity index (χ0) is 14.3. The molecule has 0 spiro atoms. The molecule has 0 fully saturated rings.